The van der Waals surface area contributed by atoms with Gasteiger partial charge in [-0.3, -0.25) is 4.21 Å². The minimum Gasteiger partial charge on any atom is -0.394 e. The summed E-state index contributed by atoms with van der Waals surface area (Å²) in [5, 5.41) is 14.0. The van der Waals surface area contributed by atoms with Crippen LogP contribution in [0.4, 0.5) is 11.8 Å². The number of aromatic nitrogens is 4. The Morgan fingerprint density at radius 3 is 2.56 bits per heavy atom. The molecule has 0 amide bonds. The van der Waals surface area contributed by atoms with Crippen molar-refractivity contribution in [2.45, 2.75) is 54.4 Å². The molecule has 1 spiro atoms. The predicted octanol–water partition coefficient (Wildman–Crippen LogP) is 2.69. The van der Waals surface area contributed by atoms with Crippen molar-refractivity contribution in [3.05, 3.63) is 35.0 Å². The standard InChI is InChI=1S/C22H25ClN6O2S/c23-15-10-24-18(25-11-15)14-2-8-29(9-3-14)20-26-17-16(32(31)13-21(17)6-7-21)19(27-20)28-22(12-30)4-1-5-22/h2,10-11,30H,1,3-9,12-13H2,(H,26,27,28). The van der Waals surface area contributed by atoms with E-state index in [2.05, 4.69) is 26.3 Å². The molecule has 2 aliphatic carbocycles. The molecule has 32 heavy (non-hydrogen) atoms. The largest absolute Gasteiger partial charge is 0.394 e. The summed E-state index contributed by atoms with van der Waals surface area (Å²) in [6, 6.07) is 0. The topological polar surface area (TPSA) is 104 Å². The molecule has 4 aliphatic rings. The Morgan fingerprint density at radius 2 is 1.97 bits per heavy atom. The maximum Gasteiger partial charge on any atom is 0.227 e. The zero-order valence-corrected chi connectivity index (χ0v) is 19.3. The van der Waals surface area contributed by atoms with Crippen LogP contribution in [0.1, 0.15) is 50.0 Å². The lowest BCUT2D eigenvalue weighted by molar-refractivity contribution is 0.143. The Labute approximate surface area is 194 Å². The average Bonchev–Trinajstić information content (AvgIpc) is 3.50. The first-order valence-electron chi connectivity index (χ1n) is 11.1. The molecule has 10 heteroatoms. The smallest absolute Gasteiger partial charge is 0.227 e. The van der Waals surface area contributed by atoms with Crippen LogP contribution >= 0.6 is 11.6 Å². The Hall–Kier alpha value is -2.10. The molecule has 0 radical (unpaired) electrons. The maximum absolute atomic E-state index is 13.0. The summed E-state index contributed by atoms with van der Waals surface area (Å²) in [5.41, 5.74) is 1.63. The Bertz CT molecular complexity index is 1120. The highest BCUT2D eigenvalue weighted by atomic mass is 35.5. The summed E-state index contributed by atoms with van der Waals surface area (Å²) in [5.74, 6) is 2.65. The Morgan fingerprint density at radius 1 is 1.19 bits per heavy atom. The summed E-state index contributed by atoms with van der Waals surface area (Å²) in [7, 11) is -1.10. The van der Waals surface area contributed by atoms with E-state index in [1.807, 2.05) is 0 Å². The molecule has 2 saturated carbocycles. The van der Waals surface area contributed by atoms with Crippen molar-refractivity contribution in [3.8, 4) is 0 Å². The van der Waals surface area contributed by atoms with Crippen LogP contribution in [0, 0.1) is 0 Å². The van der Waals surface area contributed by atoms with Gasteiger partial charge in [0, 0.05) is 36.7 Å². The van der Waals surface area contributed by atoms with Gasteiger partial charge in [-0.15, -0.1) is 0 Å². The minimum atomic E-state index is -1.10. The van der Waals surface area contributed by atoms with Gasteiger partial charge in [-0.2, -0.15) is 4.98 Å². The van der Waals surface area contributed by atoms with E-state index in [1.165, 1.54) is 0 Å². The highest BCUT2D eigenvalue weighted by Gasteiger charge is 2.55. The number of aliphatic hydroxyl groups excluding tert-OH is 1. The minimum absolute atomic E-state index is 0.0474. The summed E-state index contributed by atoms with van der Waals surface area (Å²) >= 11 is 5.91. The number of rotatable bonds is 5. The first-order valence-corrected chi connectivity index (χ1v) is 12.8. The molecule has 1 unspecified atom stereocenters. The van der Waals surface area contributed by atoms with Crippen molar-refractivity contribution >= 4 is 39.7 Å². The van der Waals surface area contributed by atoms with Crippen LogP contribution in [-0.4, -0.2) is 60.2 Å². The van der Waals surface area contributed by atoms with Crippen LogP contribution in [0.5, 0.6) is 0 Å². The summed E-state index contributed by atoms with van der Waals surface area (Å²) < 4.78 is 13.0. The molecule has 4 heterocycles. The van der Waals surface area contributed by atoms with Crippen molar-refractivity contribution in [2.24, 2.45) is 0 Å². The van der Waals surface area contributed by atoms with Crippen LogP contribution in [-0.2, 0) is 16.2 Å². The summed E-state index contributed by atoms with van der Waals surface area (Å²) in [6.07, 6.45) is 11.1. The first kappa shape index (κ1) is 20.5. The second kappa shape index (κ2) is 7.46. The molecule has 0 saturated heterocycles. The van der Waals surface area contributed by atoms with Crippen molar-refractivity contribution in [3.63, 3.8) is 0 Å². The SMILES string of the molecule is O=S1CC2(CC2)c2nc(N3CC=C(c4ncc(Cl)cn4)CC3)nc(NC3(CO)CCC3)c21. The fraction of sp³-hybridized carbons (Fsp3) is 0.545. The zero-order chi connectivity index (χ0) is 21.9. The van der Waals surface area contributed by atoms with E-state index in [-0.39, 0.29) is 17.6 Å². The molecule has 1 atom stereocenters. The number of nitrogens with one attached hydrogen (secondary N) is 1. The Kier molecular flexibility index (Phi) is 4.78. The van der Waals surface area contributed by atoms with Gasteiger partial charge in [0.2, 0.25) is 5.95 Å². The molecule has 168 valence electrons. The normalized spacial score (nSPS) is 24.6. The van der Waals surface area contributed by atoms with E-state index in [9.17, 15) is 9.32 Å². The van der Waals surface area contributed by atoms with Gasteiger partial charge in [0.1, 0.15) is 10.7 Å². The van der Waals surface area contributed by atoms with Crippen LogP contribution in [0.25, 0.3) is 5.57 Å². The second-order valence-electron chi connectivity index (χ2n) is 9.39. The lowest BCUT2D eigenvalue weighted by atomic mass is 9.77. The van der Waals surface area contributed by atoms with Gasteiger partial charge >= 0.3 is 0 Å². The highest BCUT2D eigenvalue weighted by molar-refractivity contribution is 7.85. The van der Waals surface area contributed by atoms with Crippen molar-refractivity contribution in [1.82, 2.24) is 19.9 Å². The van der Waals surface area contributed by atoms with Gasteiger partial charge in [-0.25, -0.2) is 15.0 Å². The van der Waals surface area contributed by atoms with E-state index in [0.717, 1.165) is 61.2 Å². The van der Waals surface area contributed by atoms with Crippen LogP contribution < -0.4 is 10.2 Å². The molecule has 2 aromatic rings. The third-order valence-corrected chi connectivity index (χ3v) is 9.09. The van der Waals surface area contributed by atoms with E-state index >= 15 is 0 Å². The molecule has 0 aromatic carbocycles. The molecule has 2 aromatic heterocycles. The van der Waals surface area contributed by atoms with Crippen molar-refractivity contribution in [1.29, 1.82) is 0 Å². The molecular weight excluding hydrogens is 448 g/mol. The third kappa shape index (κ3) is 3.33. The number of hydrogen-bond acceptors (Lipinski definition) is 8. The number of hydrogen-bond donors (Lipinski definition) is 2. The first-order chi connectivity index (χ1) is 15.5. The lowest BCUT2D eigenvalue weighted by Crippen LogP contribution is -2.48. The van der Waals surface area contributed by atoms with Gasteiger partial charge in [0.05, 0.1) is 33.7 Å². The molecule has 6 rings (SSSR count). The molecular formula is C22H25ClN6O2S. The van der Waals surface area contributed by atoms with Gasteiger partial charge in [0.25, 0.3) is 0 Å². The molecule has 2 fully saturated rings. The summed E-state index contributed by atoms with van der Waals surface area (Å²) in [6.45, 7) is 1.45. The van der Waals surface area contributed by atoms with E-state index in [0.29, 0.717) is 34.9 Å². The zero-order valence-electron chi connectivity index (χ0n) is 17.7. The third-order valence-electron chi connectivity index (χ3n) is 7.24. The van der Waals surface area contributed by atoms with Gasteiger partial charge < -0.3 is 15.3 Å². The fourth-order valence-corrected chi connectivity index (χ4v) is 6.83. The number of halogens is 1. The van der Waals surface area contributed by atoms with E-state index in [1.54, 1.807) is 12.4 Å². The molecule has 2 N–H and O–H groups in total. The molecule has 8 nitrogen and oxygen atoms in total. The average molecular weight is 473 g/mol. The second-order valence-corrected chi connectivity index (χ2v) is 11.2. The van der Waals surface area contributed by atoms with Crippen molar-refractivity contribution in [2.75, 3.05) is 35.7 Å². The maximum atomic E-state index is 13.0. The number of aliphatic hydroxyl groups is 1. The van der Waals surface area contributed by atoms with E-state index in [4.69, 9.17) is 21.6 Å². The van der Waals surface area contributed by atoms with Crippen molar-refractivity contribution < 1.29 is 9.32 Å². The van der Waals surface area contributed by atoms with Gasteiger partial charge in [-0.1, -0.05) is 17.7 Å². The number of fused-ring (bicyclic) bond motifs is 2. The summed E-state index contributed by atoms with van der Waals surface area (Å²) in [4.78, 5) is 21.4. The highest BCUT2D eigenvalue weighted by Crippen LogP contribution is 2.56. The monoisotopic (exact) mass is 472 g/mol. The molecule has 2 aliphatic heterocycles. The quantitative estimate of drug-likeness (QED) is 0.684. The van der Waals surface area contributed by atoms with Crippen LogP contribution in [0.2, 0.25) is 5.02 Å². The predicted molar refractivity (Wildman–Crippen MR) is 123 cm³/mol. The number of nitrogens with zero attached hydrogens (tertiary/aromatic N) is 5. The fourth-order valence-electron chi connectivity index (χ4n) is 4.87. The lowest BCUT2D eigenvalue weighted by Gasteiger charge is -2.41. The Balaban J connectivity index is 1.33. The molecule has 0 bridgehead atoms. The number of anilines is 2. The van der Waals surface area contributed by atoms with Crippen LogP contribution in [0.15, 0.2) is 23.4 Å². The van der Waals surface area contributed by atoms with Gasteiger partial charge in [-0.05, 0) is 44.1 Å². The van der Waals surface area contributed by atoms with Crippen LogP contribution in [0.3, 0.4) is 0 Å². The van der Waals surface area contributed by atoms with Gasteiger partial charge in [0.15, 0.2) is 5.82 Å². The van der Waals surface area contributed by atoms with E-state index < -0.39 is 10.8 Å².